The number of methoxy groups -OCH3 is 1. The lowest BCUT2D eigenvalue weighted by Crippen LogP contribution is -2.36. The summed E-state index contributed by atoms with van der Waals surface area (Å²) in [5.41, 5.74) is 8.29. The Hall–Kier alpha value is -1.78. The molecule has 2 N–H and O–H groups in total. The monoisotopic (exact) mass is 207 g/mol. The average Bonchev–Trinajstić information content (AvgIpc) is 2.27. The van der Waals surface area contributed by atoms with Crippen LogP contribution in [0.3, 0.4) is 0 Å². The molecule has 1 amide bonds. The van der Waals surface area contributed by atoms with Crippen molar-refractivity contribution in [2.45, 2.75) is 13.0 Å². The van der Waals surface area contributed by atoms with Crippen LogP contribution in [0, 0.1) is 0 Å². The van der Waals surface area contributed by atoms with Gasteiger partial charge in [0.15, 0.2) is 0 Å². The van der Waals surface area contributed by atoms with Crippen LogP contribution < -0.4 is 5.73 Å². The van der Waals surface area contributed by atoms with Crippen molar-refractivity contribution in [1.29, 1.82) is 0 Å². The molecule has 0 aliphatic carbocycles. The number of nitrogen functional groups attached to an aromatic ring is 1. The second-order valence-corrected chi connectivity index (χ2v) is 3.52. The maximum atomic E-state index is 11.3. The lowest BCUT2D eigenvalue weighted by atomic mass is 10.1. The summed E-state index contributed by atoms with van der Waals surface area (Å²) in [6.07, 6.45) is 2.10. The number of aromatic nitrogens is 1. The summed E-state index contributed by atoms with van der Waals surface area (Å²) < 4.78 is 4.67. The number of anilines is 1. The highest BCUT2D eigenvalue weighted by Gasteiger charge is 2.21. The van der Waals surface area contributed by atoms with Gasteiger partial charge in [0.1, 0.15) is 0 Å². The fourth-order valence-electron chi connectivity index (χ4n) is 1.73. The van der Waals surface area contributed by atoms with Gasteiger partial charge in [-0.25, -0.2) is 4.79 Å². The Labute approximate surface area is 87.8 Å². The van der Waals surface area contributed by atoms with Crippen molar-refractivity contribution in [3.05, 3.63) is 23.5 Å². The molecule has 0 unspecified atom stereocenters. The van der Waals surface area contributed by atoms with Crippen LogP contribution in [0.2, 0.25) is 0 Å². The molecule has 15 heavy (non-hydrogen) atoms. The van der Waals surface area contributed by atoms with E-state index in [9.17, 15) is 4.79 Å². The van der Waals surface area contributed by atoms with E-state index in [1.807, 2.05) is 6.07 Å². The van der Waals surface area contributed by atoms with Gasteiger partial charge in [0.25, 0.3) is 0 Å². The summed E-state index contributed by atoms with van der Waals surface area (Å²) in [6, 6.07) is 1.86. The van der Waals surface area contributed by atoms with E-state index < -0.39 is 0 Å². The molecule has 0 atom stereocenters. The molecule has 1 aliphatic heterocycles. The predicted octanol–water partition coefficient (Wildman–Crippen LogP) is 0.788. The number of pyridine rings is 1. The summed E-state index contributed by atoms with van der Waals surface area (Å²) in [7, 11) is 1.38. The normalized spacial score (nSPS) is 14.6. The number of nitrogens with two attached hydrogens (primary N) is 1. The molecule has 0 spiro atoms. The zero-order valence-corrected chi connectivity index (χ0v) is 8.56. The molecule has 2 rings (SSSR count). The minimum Gasteiger partial charge on any atom is -0.453 e. The molecule has 0 saturated heterocycles. The molecule has 0 bridgehead atoms. The van der Waals surface area contributed by atoms with Crippen LogP contribution in [0.4, 0.5) is 10.5 Å². The predicted molar refractivity (Wildman–Crippen MR) is 55.2 cm³/mol. The van der Waals surface area contributed by atoms with E-state index in [0.717, 1.165) is 17.7 Å². The SMILES string of the molecule is COC(=O)N1CCc2ncc(N)cc2C1. The van der Waals surface area contributed by atoms with E-state index in [4.69, 9.17) is 5.73 Å². The molecule has 1 aliphatic rings. The van der Waals surface area contributed by atoms with Gasteiger partial charge in [0.2, 0.25) is 0 Å². The number of carbonyl (C=O) groups excluding carboxylic acids is 1. The molecule has 1 aromatic heterocycles. The molecule has 80 valence electrons. The highest BCUT2D eigenvalue weighted by molar-refractivity contribution is 5.68. The van der Waals surface area contributed by atoms with Crippen molar-refractivity contribution < 1.29 is 9.53 Å². The molecule has 0 saturated carbocycles. The van der Waals surface area contributed by atoms with E-state index in [1.165, 1.54) is 7.11 Å². The van der Waals surface area contributed by atoms with Gasteiger partial charge in [0, 0.05) is 18.7 Å². The molecule has 0 fully saturated rings. The van der Waals surface area contributed by atoms with Gasteiger partial charge in [-0.15, -0.1) is 0 Å². The molecule has 2 heterocycles. The van der Waals surface area contributed by atoms with Crippen molar-refractivity contribution >= 4 is 11.8 Å². The molecular formula is C10H13N3O2. The Morgan fingerprint density at radius 3 is 3.20 bits per heavy atom. The van der Waals surface area contributed by atoms with Crippen LogP contribution in [0.1, 0.15) is 11.3 Å². The van der Waals surface area contributed by atoms with E-state index in [1.54, 1.807) is 11.1 Å². The summed E-state index contributed by atoms with van der Waals surface area (Å²) in [5, 5.41) is 0. The molecule has 5 heteroatoms. The standard InChI is InChI=1S/C10H13N3O2/c1-15-10(14)13-3-2-9-7(6-13)4-8(11)5-12-9/h4-5H,2-3,6,11H2,1H3. The number of hydrogen-bond donors (Lipinski definition) is 1. The van der Waals surface area contributed by atoms with Gasteiger partial charge in [-0.05, 0) is 11.6 Å². The van der Waals surface area contributed by atoms with Crippen molar-refractivity contribution in [1.82, 2.24) is 9.88 Å². The number of hydrogen-bond acceptors (Lipinski definition) is 4. The smallest absolute Gasteiger partial charge is 0.409 e. The molecule has 0 radical (unpaired) electrons. The minimum absolute atomic E-state index is 0.303. The Morgan fingerprint density at radius 1 is 1.67 bits per heavy atom. The van der Waals surface area contributed by atoms with Gasteiger partial charge < -0.3 is 15.4 Å². The highest BCUT2D eigenvalue weighted by atomic mass is 16.5. The molecule has 1 aromatic rings. The molecular weight excluding hydrogens is 194 g/mol. The Balaban J connectivity index is 2.22. The second-order valence-electron chi connectivity index (χ2n) is 3.52. The van der Waals surface area contributed by atoms with Crippen LogP contribution in [0.25, 0.3) is 0 Å². The number of carbonyl (C=O) groups is 1. The highest BCUT2D eigenvalue weighted by Crippen LogP contribution is 2.19. The number of rotatable bonds is 0. The number of ether oxygens (including phenoxy) is 1. The van der Waals surface area contributed by atoms with E-state index in [0.29, 0.717) is 18.8 Å². The number of amides is 1. The van der Waals surface area contributed by atoms with Crippen molar-refractivity contribution in [2.24, 2.45) is 0 Å². The Kier molecular flexibility index (Phi) is 2.45. The fourth-order valence-corrected chi connectivity index (χ4v) is 1.73. The Morgan fingerprint density at radius 2 is 2.47 bits per heavy atom. The van der Waals surface area contributed by atoms with Crippen molar-refractivity contribution in [2.75, 3.05) is 19.4 Å². The minimum atomic E-state index is -0.303. The zero-order valence-electron chi connectivity index (χ0n) is 8.56. The first-order valence-electron chi connectivity index (χ1n) is 4.77. The summed E-state index contributed by atoms with van der Waals surface area (Å²) in [4.78, 5) is 17.2. The quantitative estimate of drug-likeness (QED) is 0.682. The van der Waals surface area contributed by atoms with Crippen molar-refractivity contribution in [3.63, 3.8) is 0 Å². The average molecular weight is 207 g/mol. The number of nitrogens with zero attached hydrogens (tertiary/aromatic N) is 2. The molecule has 0 aromatic carbocycles. The zero-order chi connectivity index (χ0) is 10.8. The molecule has 5 nitrogen and oxygen atoms in total. The van der Waals surface area contributed by atoms with Crippen LogP contribution in [0.15, 0.2) is 12.3 Å². The maximum Gasteiger partial charge on any atom is 0.409 e. The first-order chi connectivity index (χ1) is 7.20. The maximum absolute atomic E-state index is 11.3. The lowest BCUT2D eigenvalue weighted by Gasteiger charge is -2.26. The second kappa shape index (κ2) is 3.76. The van der Waals surface area contributed by atoms with Gasteiger partial charge in [-0.1, -0.05) is 0 Å². The van der Waals surface area contributed by atoms with Gasteiger partial charge in [-0.2, -0.15) is 0 Å². The third-order valence-electron chi connectivity index (χ3n) is 2.49. The third-order valence-corrected chi connectivity index (χ3v) is 2.49. The van der Waals surface area contributed by atoms with Crippen LogP contribution in [0.5, 0.6) is 0 Å². The third kappa shape index (κ3) is 1.86. The largest absolute Gasteiger partial charge is 0.453 e. The van der Waals surface area contributed by atoms with Crippen LogP contribution in [-0.2, 0) is 17.7 Å². The van der Waals surface area contributed by atoms with Gasteiger partial charge in [0.05, 0.1) is 25.5 Å². The van der Waals surface area contributed by atoms with Crippen molar-refractivity contribution in [3.8, 4) is 0 Å². The fraction of sp³-hybridized carbons (Fsp3) is 0.400. The first-order valence-corrected chi connectivity index (χ1v) is 4.77. The van der Waals surface area contributed by atoms with E-state index in [2.05, 4.69) is 9.72 Å². The van der Waals surface area contributed by atoms with Gasteiger partial charge >= 0.3 is 6.09 Å². The van der Waals surface area contributed by atoms with Crippen LogP contribution >= 0.6 is 0 Å². The summed E-state index contributed by atoms with van der Waals surface area (Å²) in [5.74, 6) is 0. The van der Waals surface area contributed by atoms with E-state index in [-0.39, 0.29) is 6.09 Å². The van der Waals surface area contributed by atoms with Gasteiger partial charge in [-0.3, -0.25) is 4.98 Å². The first kappa shape index (κ1) is 9.76. The van der Waals surface area contributed by atoms with Crippen LogP contribution in [-0.4, -0.2) is 29.6 Å². The lowest BCUT2D eigenvalue weighted by molar-refractivity contribution is 0.118. The summed E-state index contributed by atoms with van der Waals surface area (Å²) >= 11 is 0. The number of fused-ring (bicyclic) bond motifs is 1. The van der Waals surface area contributed by atoms with E-state index >= 15 is 0 Å². The Bertz CT molecular complexity index is 392. The summed E-state index contributed by atoms with van der Waals surface area (Å²) in [6.45, 7) is 1.18. The topological polar surface area (TPSA) is 68.5 Å².